The van der Waals surface area contributed by atoms with Gasteiger partial charge in [0.25, 0.3) is 0 Å². The molecule has 23 heavy (non-hydrogen) atoms. The summed E-state index contributed by atoms with van der Waals surface area (Å²) in [5.74, 6) is 0. The molecular formula is C21H23NO. The summed E-state index contributed by atoms with van der Waals surface area (Å²) >= 11 is 0. The van der Waals surface area contributed by atoms with Crippen molar-refractivity contribution in [3.63, 3.8) is 0 Å². The molecule has 0 saturated heterocycles. The highest BCUT2D eigenvalue weighted by atomic mass is 16.1. The van der Waals surface area contributed by atoms with Crippen LogP contribution in [0.15, 0.2) is 72.7 Å². The Balaban J connectivity index is 0.000000277. The number of aliphatic imine (C=N–C) groups is 1. The van der Waals surface area contributed by atoms with E-state index in [9.17, 15) is 4.79 Å². The van der Waals surface area contributed by atoms with E-state index in [1.807, 2.05) is 81.4 Å². The minimum absolute atomic E-state index is 0.505. The van der Waals surface area contributed by atoms with Crippen molar-refractivity contribution in [1.29, 1.82) is 0 Å². The second-order valence-corrected chi connectivity index (χ2v) is 5.73. The first-order valence-corrected chi connectivity index (χ1v) is 7.43. The molecule has 2 aromatic rings. The molecule has 118 valence electrons. The average molecular weight is 305 g/mol. The van der Waals surface area contributed by atoms with Crippen molar-refractivity contribution in [1.82, 2.24) is 0 Å². The van der Waals surface area contributed by atoms with Crippen molar-refractivity contribution >= 4 is 17.7 Å². The summed E-state index contributed by atoms with van der Waals surface area (Å²) < 4.78 is 0. The van der Waals surface area contributed by atoms with Gasteiger partial charge in [0, 0.05) is 0 Å². The summed E-state index contributed by atoms with van der Waals surface area (Å²) in [4.78, 5) is 14.0. The molecule has 0 aromatic heterocycles. The molecule has 0 unspecified atom stereocenters. The molecular weight excluding hydrogens is 282 g/mol. The van der Waals surface area contributed by atoms with Gasteiger partial charge in [0.1, 0.15) is 0 Å². The van der Waals surface area contributed by atoms with Gasteiger partial charge >= 0.3 is 0 Å². The van der Waals surface area contributed by atoms with E-state index >= 15 is 0 Å². The normalized spacial score (nSPS) is 9.87. The minimum Gasteiger partial charge on any atom is -0.211 e. The zero-order valence-corrected chi connectivity index (χ0v) is 14.0. The number of rotatable bonds is 4. The Morgan fingerprint density at radius 3 is 2.04 bits per heavy atom. The van der Waals surface area contributed by atoms with Gasteiger partial charge in [0.15, 0.2) is 0 Å². The van der Waals surface area contributed by atoms with Crippen LogP contribution in [0.5, 0.6) is 0 Å². The topological polar surface area (TPSA) is 29.4 Å². The summed E-state index contributed by atoms with van der Waals surface area (Å²) in [6.45, 7) is 13.2. The smallest absolute Gasteiger partial charge is 0.211 e. The van der Waals surface area contributed by atoms with Crippen LogP contribution in [0.4, 0.5) is 0 Å². The van der Waals surface area contributed by atoms with Crippen LogP contribution in [-0.4, -0.2) is 6.08 Å². The molecule has 0 saturated carbocycles. The standard InChI is InChI=1S/C13H15NO.C8H8/c1-10(2)11-5-7-12(8-6-11)13(3,4)14-9-15;1-2-8-6-4-3-5-7-8/h5-8H,1H2,2-4H3;2-7H,1H2. The zero-order chi connectivity index (χ0) is 17.3. The first kappa shape index (κ1) is 18.3. The molecule has 2 heteroatoms. The maximum absolute atomic E-state index is 10.3. The number of nitrogens with zero attached hydrogens (tertiary/aromatic N) is 1. The fourth-order valence-corrected chi connectivity index (χ4v) is 1.93. The summed E-state index contributed by atoms with van der Waals surface area (Å²) in [5.41, 5.74) is 3.79. The molecule has 0 aliphatic heterocycles. The molecule has 2 rings (SSSR count). The fourth-order valence-electron chi connectivity index (χ4n) is 1.93. The number of isocyanates is 1. The molecule has 0 N–H and O–H groups in total. The van der Waals surface area contributed by atoms with E-state index in [2.05, 4.69) is 18.2 Å². The summed E-state index contributed by atoms with van der Waals surface area (Å²) in [6, 6.07) is 17.9. The Morgan fingerprint density at radius 2 is 1.65 bits per heavy atom. The predicted molar refractivity (Wildman–Crippen MR) is 98.8 cm³/mol. The summed E-state index contributed by atoms with van der Waals surface area (Å²) in [7, 11) is 0. The van der Waals surface area contributed by atoms with E-state index in [1.165, 1.54) is 5.56 Å². The van der Waals surface area contributed by atoms with Gasteiger partial charge in [-0.3, -0.25) is 0 Å². The van der Waals surface area contributed by atoms with Crippen LogP contribution in [0, 0.1) is 0 Å². The molecule has 2 aromatic carbocycles. The van der Waals surface area contributed by atoms with Gasteiger partial charge in [-0.25, -0.2) is 4.79 Å². The second kappa shape index (κ2) is 8.67. The number of allylic oxidation sites excluding steroid dienone is 1. The molecule has 0 amide bonds. The van der Waals surface area contributed by atoms with E-state index in [1.54, 1.807) is 6.08 Å². The first-order chi connectivity index (χ1) is 10.9. The van der Waals surface area contributed by atoms with E-state index in [-0.39, 0.29) is 0 Å². The Hall–Kier alpha value is -2.70. The second-order valence-electron chi connectivity index (χ2n) is 5.73. The molecule has 0 aliphatic carbocycles. The van der Waals surface area contributed by atoms with Crippen molar-refractivity contribution in [2.24, 2.45) is 4.99 Å². The highest BCUT2D eigenvalue weighted by Crippen LogP contribution is 2.25. The van der Waals surface area contributed by atoms with Gasteiger partial charge in [-0.05, 0) is 37.5 Å². The quantitative estimate of drug-likeness (QED) is 0.532. The van der Waals surface area contributed by atoms with Crippen LogP contribution in [0.25, 0.3) is 11.6 Å². The molecule has 0 radical (unpaired) electrons. The third kappa shape index (κ3) is 5.90. The van der Waals surface area contributed by atoms with Crippen molar-refractivity contribution in [2.45, 2.75) is 26.3 Å². The Labute approximate surface area is 138 Å². The van der Waals surface area contributed by atoms with Gasteiger partial charge in [-0.15, -0.1) is 0 Å². The van der Waals surface area contributed by atoms with E-state index in [4.69, 9.17) is 0 Å². The lowest BCUT2D eigenvalue weighted by atomic mass is 9.93. The van der Waals surface area contributed by atoms with Gasteiger partial charge in [0.2, 0.25) is 6.08 Å². The lowest BCUT2D eigenvalue weighted by Crippen LogP contribution is -2.13. The monoisotopic (exact) mass is 305 g/mol. The van der Waals surface area contributed by atoms with Crippen molar-refractivity contribution in [2.75, 3.05) is 0 Å². The molecule has 0 fully saturated rings. The van der Waals surface area contributed by atoms with E-state index < -0.39 is 5.54 Å². The van der Waals surface area contributed by atoms with Crippen molar-refractivity contribution in [3.8, 4) is 0 Å². The lowest BCUT2D eigenvalue weighted by Gasteiger charge is -2.18. The third-order valence-electron chi connectivity index (χ3n) is 3.44. The lowest BCUT2D eigenvalue weighted by molar-refractivity contribution is 0.523. The maximum Gasteiger partial charge on any atom is 0.235 e. The number of hydrogen-bond donors (Lipinski definition) is 0. The molecule has 0 heterocycles. The largest absolute Gasteiger partial charge is 0.235 e. The predicted octanol–water partition coefficient (Wildman–Crippen LogP) is 5.62. The molecule has 0 bridgehead atoms. The fraction of sp³-hybridized carbons (Fsp3) is 0.190. The molecule has 0 atom stereocenters. The van der Waals surface area contributed by atoms with Crippen LogP contribution >= 0.6 is 0 Å². The van der Waals surface area contributed by atoms with E-state index in [0.29, 0.717) is 0 Å². The average Bonchev–Trinajstić information content (AvgIpc) is 2.56. The summed E-state index contributed by atoms with van der Waals surface area (Å²) in [5, 5.41) is 0. The molecule has 0 aliphatic rings. The number of hydrogen-bond acceptors (Lipinski definition) is 2. The Bertz CT molecular complexity index is 690. The van der Waals surface area contributed by atoms with Crippen LogP contribution in [0.2, 0.25) is 0 Å². The van der Waals surface area contributed by atoms with Gasteiger partial charge in [0.05, 0.1) is 5.54 Å². The maximum atomic E-state index is 10.3. The van der Waals surface area contributed by atoms with Crippen LogP contribution in [0.3, 0.4) is 0 Å². The van der Waals surface area contributed by atoms with Gasteiger partial charge in [-0.2, -0.15) is 4.99 Å². The SMILES string of the molecule is C=C(C)c1ccc(C(C)(C)N=C=O)cc1.C=Cc1ccccc1. The number of carbonyl (C=O) groups excluding carboxylic acids is 1. The Kier molecular flexibility index (Phi) is 6.92. The minimum atomic E-state index is -0.505. The summed E-state index contributed by atoms with van der Waals surface area (Å²) in [6.07, 6.45) is 3.43. The van der Waals surface area contributed by atoms with Gasteiger partial charge < -0.3 is 0 Å². The van der Waals surface area contributed by atoms with Crippen molar-refractivity contribution in [3.05, 3.63) is 84.4 Å². The van der Waals surface area contributed by atoms with Crippen LogP contribution < -0.4 is 0 Å². The third-order valence-corrected chi connectivity index (χ3v) is 3.44. The number of benzene rings is 2. The zero-order valence-electron chi connectivity index (χ0n) is 14.0. The highest BCUT2D eigenvalue weighted by Gasteiger charge is 2.18. The Morgan fingerprint density at radius 1 is 1.09 bits per heavy atom. The highest BCUT2D eigenvalue weighted by molar-refractivity contribution is 5.61. The van der Waals surface area contributed by atoms with Crippen LogP contribution in [0.1, 0.15) is 37.5 Å². The molecule has 0 spiro atoms. The van der Waals surface area contributed by atoms with E-state index in [0.717, 1.165) is 16.7 Å². The molecule has 2 nitrogen and oxygen atoms in total. The van der Waals surface area contributed by atoms with Crippen LogP contribution in [-0.2, 0) is 10.3 Å². The van der Waals surface area contributed by atoms with Gasteiger partial charge in [-0.1, -0.05) is 79.4 Å². The first-order valence-electron chi connectivity index (χ1n) is 7.43. The van der Waals surface area contributed by atoms with Crippen molar-refractivity contribution < 1.29 is 4.79 Å².